The third-order valence-corrected chi connectivity index (χ3v) is 5.81. The van der Waals surface area contributed by atoms with Crippen LogP contribution in [0.5, 0.6) is 5.75 Å². The molecule has 1 amide bonds. The molecule has 0 aliphatic rings. The average Bonchev–Trinajstić information content (AvgIpc) is 3.09. The molecule has 28 heavy (non-hydrogen) atoms. The minimum Gasteiger partial charge on any atom is -0.495 e. The molecule has 0 saturated carbocycles. The molecule has 0 bridgehead atoms. The van der Waals surface area contributed by atoms with Gasteiger partial charge in [0, 0.05) is 21.6 Å². The number of methoxy groups -OCH3 is 1. The molecule has 1 heterocycles. The maximum Gasteiger partial charge on any atom is 0.234 e. The number of ether oxygens (including phenoxy) is 1. The van der Waals surface area contributed by atoms with Crippen molar-refractivity contribution in [1.29, 1.82) is 0 Å². The lowest BCUT2D eigenvalue weighted by Gasteiger charge is -2.11. The van der Waals surface area contributed by atoms with Gasteiger partial charge in [0.1, 0.15) is 5.75 Å². The van der Waals surface area contributed by atoms with Crippen LogP contribution in [0.2, 0.25) is 5.02 Å². The van der Waals surface area contributed by atoms with Gasteiger partial charge in [-0.1, -0.05) is 57.5 Å². The minimum absolute atomic E-state index is 0.182. The quantitative estimate of drug-likeness (QED) is 0.474. The van der Waals surface area contributed by atoms with E-state index in [0.29, 0.717) is 28.2 Å². The first-order valence-corrected chi connectivity index (χ1v) is 10.6. The van der Waals surface area contributed by atoms with E-state index in [2.05, 4.69) is 31.4 Å². The Morgan fingerprint density at radius 2 is 2.07 bits per heavy atom. The van der Waals surface area contributed by atoms with Crippen molar-refractivity contribution in [2.45, 2.75) is 18.6 Å². The normalized spacial score (nSPS) is 10.7. The molecule has 3 rings (SSSR count). The second-order valence-electron chi connectivity index (χ2n) is 5.71. The zero-order valence-electron chi connectivity index (χ0n) is 15.3. The minimum atomic E-state index is -0.182. The summed E-state index contributed by atoms with van der Waals surface area (Å²) in [6.07, 6.45) is 0. The van der Waals surface area contributed by atoms with Gasteiger partial charge in [-0.25, -0.2) is 0 Å². The van der Waals surface area contributed by atoms with E-state index in [-0.39, 0.29) is 11.7 Å². The van der Waals surface area contributed by atoms with Crippen molar-refractivity contribution in [2.24, 2.45) is 0 Å². The molecule has 0 spiro atoms. The number of amides is 1. The fraction of sp³-hybridized carbons (Fsp3) is 0.211. The topological polar surface area (TPSA) is 69.0 Å². The predicted molar refractivity (Wildman–Crippen MR) is 116 cm³/mol. The van der Waals surface area contributed by atoms with Gasteiger partial charge in [0.15, 0.2) is 11.0 Å². The Labute approximate surface area is 180 Å². The summed E-state index contributed by atoms with van der Waals surface area (Å²) < 4.78 is 8.18. The van der Waals surface area contributed by atoms with Crippen molar-refractivity contribution >= 4 is 50.9 Å². The van der Waals surface area contributed by atoms with Crippen LogP contribution in [0.1, 0.15) is 6.92 Å². The van der Waals surface area contributed by atoms with Crippen molar-refractivity contribution in [2.75, 3.05) is 18.2 Å². The number of rotatable bonds is 7. The van der Waals surface area contributed by atoms with E-state index in [0.717, 1.165) is 15.9 Å². The van der Waals surface area contributed by atoms with Gasteiger partial charge in [0.05, 0.1) is 18.6 Å². The summed E-state index contributed by atoms with van der Waals surface area (Å²) in [7, 11) is 1.54. The molecular formula is C19H18BrClN4O2S. The highest BCUT2D eigenvalue weighted by Crippen LogP contribution is 2.30. The molecular weight excluding hydrogens is 464 g/mol. The number of halogens is 2. The summed E-state index contributed by atoms with van der Waals surface area (Å²) >= 11 is 10.9. The van der Waals surface area contributed by atoms with Crippen LogP contribution in [0, 0.1) is 0 Å². The molecule has 1 N–H and O–H groups in total. The maximum atomic E-state index is 12.4. The van der Waals surface area contributed by atoms with Crippen molar-refractivity contribution in [3.63, 3.8) is 0 Å². The standard InChI is InChI=1S/C19H18BrClN4O2S/c1-3-25-18(13-6-4-5-7-14(13)20)23-24-19(25)28-11-17(26)22-15-10-12(21)8-9-16(15)27-2/h4-10H,3,11H2,1-2H3,(H,22,26). The van der Waals surface area contributed by atoms with Gasteiger partial charge in [-0.3, -0.25) is 4.79 Å². The molecule has 0 unspecified atom stereocenters. The van der Waals surface area contributed by atoms with Gasteiger partial charge < -0.3 is 14.6 Å². The number of carbonyl (C=O) groups excluding carboxylic acids is 1. The van der Waals surface area contributed by atoms with Crippen molar-refractivity contribution in [3.8, 4) is 17.1 Å². The van der Waals surface area contributed by atoms with Gasteiger partial charge in [0.25, 0.3) is 0 Å². The summed E-state index contributed by atoms with van der Waals surface area (Å²) in [6.45, 7) is 2.71. The van der Waals surface area contributed by atoms with Gasteiger partial charge in [0.2, 0.25) is 5.91 Å². The lowest BCUT2D eigenvalue weighted by Crippen LogP contribution is -2.15. The summed E-state index contributed by atoms with van der Waals surface area (Å²) in [5.41, 5.74) is 1.49. The monoisotopic (exact) mass is 480 g/mol. The number of aromatic nitrogens is 3. The Morgan fingerprint density at radius 3 is 2.79 bits per heavy atom. The Balaban J connectivity index is 1.72. The molecule has 0 fully saturated rings. The van der Waals surface area contributed by atoms with Gasteiger partial charge in [-0.2, -0.15) is 0 Å². The van der Waals surface area contributed by atoms with Crippen molar-refractivity contribution in [3.05, 3.63) is 52.0 Å². The Hall–Kier alpha value is -2.03. The zero-order chi connectivity index (χ0) is 20.1. The summed E-state index contributed by atoms with van der Waals surface area (Å²) in [4.78, 5) is 12.4. The second kappa shape index (κ2) is 9.45. The highest BCUT2D eigenvalue weighted by molar-refractivity contribution is 9.10. The van der Waals surface area contributed by atoms with Crippen LogP contribution in [-0.4, -0.2) is 33.5 Å². The van der Waals surface area contributed by atoms with Crippen LogP contribution in [0.15, 0.2) is 52.1 Å². The highest BCUT2D eigenvalue weighted by atomic mass is 79.9. The van der Waals surface area contributed by atoms with Crippen LogP contribution in [0.25, 0.3) is 11.4 Å². The van der Waals surface area contributed by atoms with E-state index in [1.165, 1.54) is 11.8 Å². The number of carbonyl (C=O) groups is 1. The smallest absolute Gasteiger partial charge is 0.234 e. The average molecular weight is 482 g/mol. The first-order valence-electron chi connectivity index (χ1n) is 8.47. The third kappa shape index (κ3) is 4.68. The summed E-state index contributed by atoms with van der Waals surface area (Å²) in [6, 6.07) is 12.9. The largest absolute Gasteiger partial charge is 0.495 e. The Bertz CT molecular complexity index is 996. The van der Waals surface area contributed by atoms with Crippen LogP contribution >= 0.6 is 39.3 Å². The molecule has 0 saturated heterocycles. The van der Waals surface area contributed by atoms with Crippen LogP contribution in [0.4, 0.5) is 5.69 Å². The second-order valence-corrected chi connectivity index (χ2v) is 7.95. The fourth-order valence-corrected chi connectivity index (χ4v) is 4.05. The van der Waals surface area contributed by atoms with Gasteiger partial charge >= 0.3 is 0 Å². The van der Waals surface area contributed by atoms with Crippen LogP contribution in [0.3, 0.4) is 0 Å². The molecule has 1 aromatic heterocycles. The van der Waals surface area contributed by atoms with Crippen LogP contribution in [-0.2, 0) is 11.3 Å². The number of hydrogen-bond acceptors (Lipinski definition) is 5. The number of anilines is 1. The predicted octanol–water partition coefficient (Wildman–Crippen LogP) is 5.12. The number of nitrogens with zero attached hydrogens (tertiary/aromatic N) is 3. The van der Waals surface area contributed by atoms with E-state index in [9.17, 15) is 4.79 Å². The SMILES string of the molecule is CCn1c(SCC(=O)Nc2cc(Cl)ccc2OC)nnc1-c1ccccc1Br. The molecule has 3 aromatic rings. The first-order chi connectivity index (χ1) is 13.5. The molecule has 0 aliphatic heterocycles. The number of thioether (sulfide) groups is 1. The maximum absolute atomic E-state index is 12.4. The van der Waals surface area contributed by atoms with E-state index in [1.807, 2.05) is 35.8 Å². The lowest BCUT2D eigenvalue weighted by molar-refractivity contribution is -0.113. The molecule has 146 valence electrons. The number of nitrogens with one attached hydrogen (secondary N) is 1. The molecule has 9 heteroatoms. The van der Waals surface area contributed by atoms with E-state index in [1.54, 1.807) is 25.3 Å². The molecule has 0 atom stereocenters. The molecule has 0 radical (unpaired) electrons. The summed E-state index contributed by atoms with van der Waals surface area (Å²) in [5, 5.41) is 12.6. The van der Waals surface area contributed by atoms with Crippen molar-refractivity contribution < 1.29 is 9.53 Å². The van der Waals surface area contributed by atoms with E-state index >= 15 is 0 Å². The third-order valence-electron chi connectivity index (χ3n) is 3.92. The van der Waals surface area contributed by atoms with Gasteiger partial charge in [-0.05, 0) is 31.2 Å². The summed E-state index contributed by atoms with van der Waals surface area (Å²) in [5.74, 6) is 1.31. The highest BCUT2D eigenvalue weighted by Gasteiger charge is 2.17. The van der Waals surface area contributed by atoms with E-state index < -0.39 is 0 Å². The van der Waals surface area contributed by atoms with Gasteiger partial charge in [-0.15, -0.1) is 10.2 Å². The number of hydrogen-bond donors (Lipinski definition) is 1. The van der Waals surface area contributed by atoms with E-state index in [4.69, 9.17) is 16.3 Å². The van der Waals surface area contributed by atoms with Crippen LogP contribution < -0.4 is 10.1 Å². The molecule has 6 nitrogen and oxygen atoms in total. The Kier molecular flexibility index (Phi) is 6.98. The molecule has 2 aromatic carbocycles. The molecule has 0 aliphatic carbocycles. The number of benzene rings is 2. The van der Waals surface area contributed by atoms with Crippen molar-refractivity contribution in [1.82, 2.24) is 14.8 Å². The lowest BCUT2D eigenvalue weighted by atomic mass is 10.2. The zero-order valence-corrected chi connectivity index (χ0v) is 18.4. The first kappa shape index (κ1) is 20.7. The fourth-order valence-electron chi connectivity index (χ4n) is 2.62. The Morgan fingerprint density at radius 1 is 1.29 bits per heavy atom.